The van der Waals surface area contributed by atoms with Gasteiger partial charge in [0, 0.05) is 20.2 Å². The van der Waals surface area contributed by atoms with Gasteiger partial charge in [-0.25, -0.2) is 4.72 Å². The zero-order valence-corrected chi connectivity index (χ0v) is 12.4. The van der Waals surface area contributed by atoms with Crippen LogP contribution in [0.25, 0.3) is 0 Å². The Morgan fingerprint density at radius 1 is 1.39 bits per heavy atom. The second kappa shape index (κ2) is 8.44. The molecule has 1 N–H and O–H groups in total. The van der Waals surface area contributed by atoms with Crippen molar-refractivity contribution in [2.24, 2.45) is 5.92 Å². The molecule has 6 nitrogen and oxygen atoms in total. The molecule has 0 aromatic rings. The Kier molecular flexibility index (Phi) is 8.13. The van der Waals surface area contributed by atoms with Crippen LogP contribution in [0.15, 0.2) is 0 Å². The van der Waals surface area contributed by atoms with E-state index in [9.17, 15) is 13.2 Å². The fraction of sp³-hybridized carbons (Fsp3) is 0.909. The van der Waals surface area contributed by atoms with E-state index < -0.39 is 16.1 Å². The number of hydrogen-bond acceptors (Lipinski definition) is 4. The SMILES string of the molecule is CCCN(C)S(=O)(=O)NC(=O)CCOCC(C)C. The molecule has 108 valence electrons. The lowest BCUT2D eigenvalue weighted by molar-refractivity contribution is -0.120. The highest BCUT2D eigenvalue weighted by atomic mass is 32.2. The Hall–Kier alpha value is -0.660. The number of amides is 1. The predicted octanol–water partition coefficient (Wildman–Crippen LogP) is 0.752. The van der Waals surface area contributed by atoms with Crippen LogP contribution < -0.4 is 4.72 Å². The average molecular weight is 280 g/mol. The number of carbonyl (C=O) groups excluding carboxylic acids is 1. The molecule has 0 radical (unpaired) electrons. The molecular formula is C11H24N2O4S. The summed E-state index contributed by atoms with van der Waals surface area (Å²) in [6.07, 6.45) is 0.745. The van der Waals surface area contributed by atoms with Gasteiger partial charge in [0.15, 0.2) is 0 Å². The summed E-state index contributed by atoms with van der Waals surface area (Å²) >= 11 is 0. The Balaban J connectivity index is 4.00. The van der Waals surface area contributed by atoms with Gasteiger partial charge in [-0.1, -0.05) is 20.8 Å². The van der Waals surface area contributed by atoms with Gasteiger partial charge in [0.25, 0.3) is 0 Å². The smallest absolute Gasteiger partial charge is 0.303 e. The summed E-state index contributed by atoms with van der Waals surface area (Å²) in [5.41, 5.74) is 0. The minimum Gasteiger partial charge on any atom is -0.381 e. The molecule has 0 aliphatic heterocycles. The molecule has 0 saturated carbocycles. The molecule has 7 heteroatoms. The second-order valence-corrected chi connectivity index (χ2v) is 6.35. The first-order valence-corrected chi connectivity index (χ1v) is 7.58. The summed E-state index contributed by atoms with van der Waals surface area (Å²) in [5.74, 6) is -0.144. The predicted molar refractivity (Wildman–Crippen MR) is 70.3 cm³/mol. The van der Waals surface area contributed by atoms with Crippen LogP contribution in [-0.4, -0.2) is 45.4 Å². The standard InChI is InChI=1S/C11H24N2O4S/c1-5-7-13(4)18(15,16)12-11(14)6-8-17-9-10(2)3/h10H,5-9H2,1-4H3,(H,12,14). The number of nitrogens with zero attached hydrogens (tertiary/aromatic N) is 1. The highest BCUT2D eigenvalue weighted by Crippen LogP contribution is 1.97. The third-order valence-corrected chi connectivity index (χ3v) is 3.61. The van der Waals surface area contributed by atoms with E-state index in [-0.39, 0.29) is 13.0 Å². The molecule has 0 atom stereocenters. The lowest BCUT2D eigenvalue weighted by Crippen LogP contribution is -2.42. The van der Waals surface area contributed by atoms with E-state index in [1.165, 1.54) is 7.05 Å². The van der Waals surface area contributed by atoms with E-state index in [1.807, 2.05) is 25.5 Å². The van der Waals surface area contributed by atoms with Gasteiger partial charge in [0.05, 0.1) is 13.0 Å². The van der Waals surface area contributed by atoms with Crippen LogP contribution in [0.2, 0.25) is 0 Å². The van der Waals surface area contributed by atoms with Gasteiger partial charge in [0.1, 0.15) is 0 Å². The lowest BCUT2D eigenvalue weighted by Gasteiger charge is -2.16. The maximum Gasteiger partial charge on any atom is 0.303 e. The number of carbonyl (C=O) groups is 1. The first-order chi connectivity index (χ1) is 8.29. The fourth-order valence-electron chi connectivity index (χ4n) is 1.19. The molecule has 0 aliphatic rings. The maximum absolute atomic E-state index is 11.6. The van der Waals surface area contributed by atoms with Gasteiger partial charge in [-0.05, 0) is 12.3 Å². The molecule has 0 aromatic heterocycles. The Labute approximate surface area is 110 Å². The van der Waals surface area contributed by atoms with Crippen LogP contribution in [-0.2, 0) is 19.7 Å². The van der Waals surface area contributed by atoms with Crippen LogP contribution >= 0.6 is 0 Å². The van der Waals surface area contributed by atoms with Crippen LogP contribution in [0.4, 0.5) is 0 Å². The van der Waals surface area contributed by atoms with E-state index in [2.05, 4.69) is 0 Å². The van der Waals surface area contributed by atoms with Gasteiger partial charge >= 0.3 is 10.2 Å². The van der Waals surface area contributed by atoms with E-state index in [0.717, 1.165) is 4.31 Å². The van der Waals surface area contributed by atoms with Crippen molar-refractivity contribution in [3.05, 3.63) is 0 Å². The second-order valence-electron chi connectivity index (χ2n) is 4.57. The number of nitrogens with one attached hydrogen (secondary N) is 1. The number of hydrogen-bond donors (Lipinski definition) is 1. The van der Waals surface area contributed by atoms with Crippen molar-refractivity contribution in [2.75, 3.05) is 26.8 Å². The summed E-state index contributed by atoms with van der Waals surface area (Å²) < 4.78 is 31.6. The van der Waals surface area contributed by atoms with Gasteiger partial charge in [-0.2, -0.15) is 12.7 Å². The zero-order valence-electron chi connectivity index (χ0n) is 11.6. The van der Waals surface area contributed by atoms with E-state index in [4.69, 9.17) is 4.74 Å². The molecule has 0 spiro atoms. The molecule has 0 rings (SSSR count). The molecule has 0 saturated heterocycles. The van der Waals surface area contributed by atoms with Crippen molar-refractivity contribution in [2.45, 2.75) is 33.6 Å². The number of ether oxygens (including phenoxy) is 1. The third-order valence-electron chi connectivity index (χ3n) is 2.12. The molecule has 0 aliphatic carbocycles. The molecular weight excluding hydrogens is 256 g/mol. The first-order valence-electron chi connectivity index (χ1n) is 6.14. The van der Waals surface area contributed by atoms with Crippen LogP contribution in [0.5, 0.6) is 0 Å². The lowest BCUT2D eigenvalue weighted by atomic mass is 10.2. The van der Waals surface area contributed by atoms with Gasteiger partial charge < -0.3 is 4.74 Å². The minimum absolute atomic E-state index is 0.0475. The fourth-order valence-corrected chi connectivity index (χ4v) is 2.16. The Morgan fingerprint density at radius 3 is 2.50 bits per heavy atom. The minimum atomic E-state index is -3.70. The van der Waals surface area contributed by atoms with Crippen molar-refractivity contribution in [1.82, 2.24) is 9.03 Å². The van der Waals surface area contributed by atoms with E-state index in [1.54, 1.807) is 0 Å². The van der Waals surface area contributed by atoms with Crippen molar-refractivity contribution in [1.29, 1.82) is 0 Å². The zero-order chi connectivity index (χ0) is 14.2. The summed E-state index contributed by atoms with van der Waals surface area (Å²) in [6.45, 7) is 7.06. The third kappa shape index (κ3) is 7.62. The normalized spacial score (nSPS) is 12.1. The Bertz CT molecular complexity index is 341. The van der Waals surface area contributed by atoms with Crippen molar-refractivity contribution < 1.29 is 17.9 Å². The van der Waals surface area contributed by atoms with Gasteiger partial charge in [-0.15, -0.1) is 0 Å². The molecule has 0 aromatic carbocycles. The van der Waals surface area contributed by atoms with Gasteiger partial charge in [0.2, 0.25) is 5.91 Å². The highest BCUT2D eigenvalue weighted by Gasteiger charge is 2.19. The summed E-state index contributed by atoms with van der Waals surface area (Å²) in [4.78, 5) is 11.4. The van der Waals surface area contributed by atoms with Crippen LogP contribution in [0, 0.1) is 5.92 Å². The quantitative estimate of drug-likeness (QED) is 0.632. The summed E-state index contributed by atoms with van der Waals surface area (Å²) in [7, 11) is -2.26. The molecule has 0 heterocycles. The first kappa shape index (κ1) is 17.3. The van der Waals surface area contributed by atoms with Crippen molar-refractivity contribution in [3.8, 4) is 0 Å². The molecule has 1 amide bonds. The molecule has 0 fully saturated rings. The number of rotatable bonds is 9. The van der Waals surface area contributed by atoms with E-state index in [0.29, 0.717) is 25.5 Å². The summed E-state index contributed by atoms with van der Waals surface area (Å²) in [5, 5.41) is 0. The van der Waals surface area contributed by atoms with Crippen LogP contribution in [0.3, 0.4) is 0 Å². The van der Waals surface area contributed by atoms with Crippen molar-refractivity contribution in [3.63, 3.8) is 0 Å². The average Bonchev–Trinajstić information content (AvgIpc) is 2.24. The monoisotopic (exact) mass is 280 g/mol. The molecule has 0 unspecified atom stereocenters. The molecule has 18 heavy (non-hydrogen) atoms. The molecule has 0 bridgehead atoms. The van der Waals surface area contributed by atoms with E-state index >= 15 is 0 Å². The largest absolute Gasteiger partial charge is 0.381 e. The maximum atomic E-state index is 11.6. The Morgan fingerprint density at radius 2 is 2.00 bits per heavy atom. The van der Waals surface area contributed by atoms with Crippen LogP contribution in [0.1, 0.15) is 33.6 Å². The summed E-state index contributed by atoms with van der Waals surface area (Å²) in [6, 6.07) is 0. The van der Waals surface area contributed by atoms with Gasteiger partial charge in [-0.3, -0.25) is 4.79 Å². The topological polar surface area (TPSA) is 75.7 Å². The van der Waals surface area contributed by atoms with Crippen molar-refractivity contribution >= 4 is 16.1 Å². The highest BCUT2D eigenvalue weighted by molar-refractivity contribution is 7.87.